The fraction of sp³-hybridized carbons (Fsp3) is 0. The largest absolute Gasteiger partial charge is 0.452 e. The van der Waals surface area contributed by atoms with E-state index < -0.39 is 0 Å². The van der Waals surface area contributed by atoms with E-state index in [0.717, 1.165) is 60.4 Å². The third-order valence-electron chi connectivity index (χ3n) is 6.46. The van der Waals surface area contributed by atoms with Crippen LogP contribution in [0, 0.1) is 0 Å². The maximum atomic E-state index is 6.41. The molecule has 0 bridgehead atoms. The van der Waals surface area contributed by atoms with Crippen molar-refractivity contribution >= 4 is 71.2 Å². The molecule has 0 aliphatic rings. The molecular formula is C27H14N2O2. The van der Waals surface area contributed by atoms with Gasteiger partial charge in [0.1, 0.15) is 16.8 Å². The van der Waals surface area contributed by atoms with Crippen LogP contribution in [0.1, 0.15) is 0 Å². The van der Waals surface area contributed by atoms with Crippen LogP contribution in [-0.4, -0.2) is 9.38 Å². The van der Waals surface area contributed by atoms with Crippen LogP contribution in [0.4, 0.5) is 0 Å². The van der Waals surface area contributed by atoms with Crippen LogP contribution >= 0.6 is 0 Å². The summed E-state index contributed by atoms with van der Waals surface area (Å²) in [5.41, 5.74) is 5.36. The van der Waals surface area contributed by atoms with E-state index >= 15 is 0 Å². The lowest BCUT2D eigenvalue weighted by molar-refractivity contribution is 0.633. The number of fused-ring (bicyclic) bond motifs is 13. The predicted molar refractivity (Wildman–Crippen MR) is 125 cm³/mol. The molecular weight excluding hydrogens is 384 g/mol. The molecule has 8 rings (SSSR count). The number of benzene rings is 4. The molecule has 144 valence electrons. The van der Waals surface area contributed by atoms with E-state index in [1.807, 2.05) is 30.6 Å². The molecule has 0 amide bonds. The molecule has 0 saturated heterocycles. The minimum Gasteiger partial charge on any atom is -0.452 e. The summed E-state index contributed by atoms with van der Waals surface area (Å²) in [5.74, 6) is 0. The number of pyridine rings is 1. The van der Waals surface area contributed by atoms with Crippen LogP contribution in [0.5, 0.6) is 0 Å². The summed E-state index contributed by atoms with van der Waals surface area (Å²) >= 11 is 0. The van der Waals surface area contributed by atoms with Gasteiger partial charge in [0.05, 0.1) is 5.52 Å². The van der Waals surface area contributed by atoms with Gasteiger partial charge in [0.25, 0.3) is 0 Å². The summed E-state index contributed by atoms with van der Waals surface area (Å²) < 4.78 is 14.8. The number of furan rings is 2. The first-order chi connectivity index (χ1) is 15.4. The maximum absolute atomic E-state index is 6.41. The molecule has 0 N–H and O–H groups in total. The van der Waals surface area contributed by atoms with Crippen molar-refractivity contribution in [2.75, 3.05) is 0 Å². The molecule has 0 atom stereocenters. The molecule has 0 aliphatic heterocycles. The number of hydrogen-bond acceptors (Lipinski definition) is 3. The Morgan fingerprint density at radius 3 is 2.16 bits per heavy atom. The van der Waals surface area contributed by atoms with Gasteiger partial charge in [-0.3, -0.25) is 4.40 Å². The number of imidazole rings is 1. The van der Waals surface area contributed by atoms with E-state index in [9.17, 15) is 0 Å². The molecule has 0 unspecified atom stereocenters. The Hall–Kier alpha value is -4.31. The Morgan fingerprint density at radius 1 is 0.581 bits per heavy atom. The topological polar surface area (TPSA) is 43.6 Å². The maximum Gasteiger partial charge on any atom is 0.178 e. The van der Waals surface area contributed by atoms with Gasteiger partial charge in [-0.25, -0.2) is 4.98 Å². The van der Waals surface area contributed by atoms with Crippen molar-refractivity contribution in [3.63, 3.8) is 0 Å². The highest BCUT2D eigenvalue weighted by Crippen LogP contribution is 2.40. The zero-order valence-corrected chi connectivity index (χ0v) is 16.3. The quantitative estimate of drug-likeness (QED) is 0.249. The minimum absolute atomic E-state index is 0.796. The van der Waals surface area contributed by atoms with Crippen molar-refractivity contribution in [1.29, 1.82) is 0 Å². The summed E-state index contributed by atoms with van der Waals surface area (Å²) in [4.78, 5) is 4.60. The summed E-state index contributed by atoms with van der Waals surface area (Å²) in [5, 5.41) is 7.86. The molecule has 31 heavy (non-hydrogen) atoms. The molecule has 4 nitrogen and oxygen atoms in total. The van der Waals surface area contributed by atoms with Gasteiger partial charge >= 0.3 is 0 Å². The van der Waals surface area contributed by atoms with E-state index in [-0.39, 0.29) is 0 Å². The highest BCUT2D eigenvalue weighted by molar-refractivity contribution is 6.22. The van der Waals surface area contributed by atoms with Crippen molar-refractivity contribution < 1.29 is 8.83 Å². The number of nitrogens with zero attached hydrogens (tertiary/aromatic N) is 2. The lowest BCUT2D eigenvalue weighted by Gasteiger charge is -2.08. The van der Waals surface area contributed by atoms with E-state index in [2.05, 4.69) is 64.0 Å². The van der Waals surface area contributed by atoms with Gasteiger partial charge < -0.3 is 8.83 Å². The molecule has 0 spiro atoms. The second-order valence-electron chi connectivity index (χ2n) is 8.05. The number of rotatable bonds is 0. The number of para-hydroxylation sites is 1. The highest BCUT2D eigenvalue weighted by Gasteiger charge is 2.18. The van der Waals surface area contributed by atoms with E-state index in [1.54, 1.807) is 0 Å². The van der Waals surface area contributed by atoms with Crippen LogP contribution in [-0.2, 0) is 0 Å². The first-order valence-corrected chi connectivity index (χ1v) is 10.3. The molecule has 0 aliphatic carbocycles. The smallest absolute Gasteiger partial charge is 0.178 e. The normalized spacial score (nSPS) is 12.5. The average Bonchev–Trinajstić information content (AvgIpc) is 3.53. The van der Waals surface area contributed by atoms with Gasteiger partial charge in [-0.2, -0.15) is 0 Å². The SMILES string of the molecule is c1ccc2c(c1)oc1c2ccc2c3cc4c5ccccc5c5nccn5c4cc3oc21. The predicted octanol–water partition coefficient (Wildman–Crippen LogP) is 7.44. The Morgan fingerprint density at radius 2 is 1.29 bits per heavy atom. The fourth-order valence-electron chi connectivity index (χ4n) is 5.08. The summed E-state index contributed by atoms with van der Waals surface area (Å²) in [6.07, 6.45) is 3.86. The summed E-state index contributed by atoms with van der Waals surface area (Å²) in [6.45, 7) is 0. The van der Waals surface area contributed by atoms with Crippen LogP contribution in [0.15, 0.2) is 94.0 Å². The molecule has 0 fully saturated rings. The minimum atomic E-state index is 0.796. The van der Waals surface area contributed by atoms with E-state index in [4.69, 9.17) is 8.83 Å². The first kappa shape index (κ1) is 15.5. The third kappa shape index (κ3) is 1.83. The summed E-state index contributed by atoms with van der Waals surface area (Å²) in [7, 11) is 0. The molecule has 4 heteroatoms. The number of aromatic nitrogens is 2. The van der Waals surface area contributed by atoms with Crippen LogP contribution in [0.3, 0.4) is 0 Å². The lowest BCUT2D eigenvalue weighted by Crippen LogP contribution is -1.90. The van der Waals surface area contributed by atoms with E-state index in [0.29, 0.717) is 0 Å². The van der Waals surface area contributed by atoms with Gasteiger partial charge in [0, 0.05) is 50.8 Å². The van der Waals surface area contributed by atoms with Crippen LogP contribution < -0.4 is 0 Å². The van der Waals surface area contributed by atoms with Gasteiger partial charge in [-0.1, -0.05) is 42.5 Å². The highest BCUT2D eigenvalue weighted by atomic mass is 16.4. The summed E-state index contributed by atoms with van der Waals surface area (Å²) in [6, 6.07) is 25.2. The standard InChI is InChI=1S/C27H14N2O2/c1-2-7-19-15(5-1)20-13-21-18-10-9-17-16-6-3-4-8-23(16)30-25(17)26(18)31-24(21)14-22(20)29-12-11-28-27(19)29/h1-14H. The second-order valence-corrected chi connectivity index (χ2v) is 8.05. The van der Waals surface area contributed by atoms with Crippen molar-refractivity contribution in [3.05, 3.63) is 85.2 Å². The Bertz CT molecular complexity index is 2000. The monoisotopic (exact) mass is 398 g/mol. The zero-order chi connectivity index (χ0) is 20.1. The second kappa shape index (κ2) is 5.24. The third-order valence-corrected chi connectivity index (χ3v) is 6.46. The molecule has 4 heterocycles. The van der Waals surface area contributed by atoms with Crippen molar-refractivity contribution in [2.45, 2.75) is 0 Å². The molecule has 0 saturated carbocycles. The van der Waals surface area contributed by atoms with E-state index in [1.165, 1.54) is 10.8 Å². The fourth-order valence-corrected chi connectivity index (χ4v) is 5.08. The van der Waals surface area contributed by atoms with Crippen LogP contribution in [0.25, 0.3) is 71.2 Å². The first-order valence-electron chi connectivity index (χ1n) is 10.3. The Balaban J connectivity index is 1.61. The molecule has 4 aromatic heterocycles. The molecule has 4 aromatic carbocycles. The Kier molecular flexibility index (Phi) is 2.62. The van der Waals surface area contributed by atoms with Gasteiger partial charge in [0.2, 0.25) is 0 Å². The molecule has 8 aromatic rings. The van der Waals surface area contributed by atoms with Crippen molar-refractivity contribution in [2.24, 2.45) is 0 Å². The van der Waals surface area contributed by atoms with Gasteiger partial charge in [-0.05, 0) is 29.7 Å². The molecule has 0 radical (unpaired) electrons. The average molecular weight is 398 g/mol. The van der Waals surface area contributed by atoms with Crippen molar-refractivity contribution in [3.8, 4) is 0 Å². The van der Waals surface area contributed by atoms with Gasteiger partial charge in [-0.15, -0.1) is 0 Å². The Labute approximate surface area is 174 Å². The lowest BCUT2D eigenvalue weighted by atomic mass is 10.0. The van der Waals surface area contributed by atoms with Crippen LogP contribution in [0.2, 0.25) is 0 Å². The number of hydrogen-bond donors (Lipinski definition) is 0. The van der Waals surface area contributed by atoms with Gasteiger partial charge in [0.15, 0.2) is 11.2 Å². The van der Waals surface area contributed by atoms with Crippen molar-refractivity contribution in [1.82, 2.24) is 9.38 Å². The zero-order valence-electron chi connectivity index (χ0n) is 16.3.